The van der Waals surface area contributed by atoms with Gasteiger partial charge in [-0.15, -0.1) is 0 Å². The van der Waals surface area contributed by atoms with E-state index in [2.05, 4.69) is 5.32 Å². The molecule has 0 spiro atoms. The van der Waals surface area contributed by atoms with E-state index in [0.29, 0.717) is 13.0 Å². The lowest BCUT2D eigenvalue weighted by Gasteiger charge is -2.32. The summed E-state index contributed by atoms with van der Waals surface area (Å²) in [7, 11) is -4.15. The summed E-state index contributed by atoms with van der Waals surface area (Å²) >= 11 is 0. The molecule has 3 N–H and O–H groups in total. The molecule has 9 heteroatoms. The molecule has 208 valence electrons. The highest BCUT2D eigenvalue weighted by Crippen LogP contribution is 2.23. The number of benzene rings is 3. The maximum atomic E-state index is 14.0. The third-order valence-electron chi connectivity index (χ3n) is 6.01. The maximum absolute atomic E-state index is 14.0. The van der Waals surface area contributed by atoms with E-state index in [1.807, 2.05) is 81.4 Å². The van der Waals surface area contributed by atoms with Crippen molar-refractivity contribution in [3.63, 3.8) is 0 Å². The Labute approximate surface area is 231 Å². The number of sulfonamides is 1. The van der Waals surface area contributed by atoms with Gasteiger partial charge in [-0.3, -0.25) is 9.59 Å². The zero-order chi connectivity index (χ0) is 28.5. The molecule has 3 rings (SSSR count). The molecule has 0 aliphatic rings. The minimum Gasteiger partial charge on any atom is -0.375 e. The van der Waals surface area contributed by atoms with Crippen LogP contribution in [0.25, 0.3) is 0 Å². The second kappa shape index (κ2) is 13.5. The Hall–Kier alpha value is -3.53. The lowest BCUT2D eigenvalue weighted by atomic mass is 10.0. The molecular weight excluding hydrogens is 514 g/mol. The Morgan fingerprint density at radius 3 is 2.00 bits per heavy atom. The third kappa shape index (κ3) is 9.02. The SMILES string of the molecule is CC(C)(C)NC(=O)C(CCc1ccccc1)N(CCOCc1ccccc1)S(=O)(=O)c1ccc(C(N)=O)cc1. The van der Waals surface area contributed by atoms with Gasteiger partial charge >= 0.3 is 0 Å². The quantitative estimate of drug-likeness (QED) is 0.312. The van der Waals surface area contributed by atoms with Crippen molar-refractivity contribution in [1.29, 1.82) is 0 Å². The Morgan fingerprint density at radius 2 is 1.46 bits per heavy atom. The van der Waals surface area contributed by atoms with E-state index in [4.69, 9.17) is 10.5 Å². The van der Waals surface area contributed by atoms with Crippen molar-refractivity contribution >= 4 is 21.8 Å². The number of carbonyl (C=O) groups excluding carboxylic acids is 2. The van der Waals surface area contributed by atoms with Gasteiger partial charge in [0.15, 0.2) is 0 Å². The van der Waals surface area contributed by atoms with Gasteiger partial charge in [0.1, 0.15) is 6.04 Å². The highest BCUT2D eigenvalue weighted by Gasteiger charge is 2.36. The van der Waals surface area contributed by atoms with Gasteiger partial charge in [0.05, 0.1) is 18.1 Å². The molecule has 0 saturated heterocycles. The molecule has 0 bridgehead atoms. The van der Waals surface area contributed by atoms with Crippen molar-refractivity contribution in [2.24, 2.45) is 5.73 Å². The Kier molecular flexibility index (Phi) is 10.4. The van der Waals surface area contributed by atoms with E-state index in [0.717, 1.165) is 11.1 Å². The highest BCUT2D eigenvalue weighted by molar-refractivity contribution is 7.89. The van der Waals surface area contributed by atoms with E-state index in [1.54, 1.807) is 0 Å². The first-order valence-corrected chi connectivity index (χ1v) is 14.3. The number of primary amides is 1. The van der Waals surface area contributed by atoms with Crippen LogP contribution in [0.5, 0.6) is 0 Å². The number of nitrogens with zero attached hydrogens (tertiary/aromatic N) is 1. The second-order valence-electron chi connectivity index (χ2n) is 10.3. The summed E-state index contributed by atoms with van der Waals surface area (Å²) in [6.07, 6.45) is 0.768. The van der Waals surface area contributed by atoms with E-state index < -0.39 is 27.5 Å². The molecule has 0 aliphatic carbocycles. The van der Waals surface area contributed by atoms with Gasteiger partial charge < -0.3 is 15.8 Å². The van der Waals surface area contributed by atoms with Crippen LogP contribution in [0, 0.1) is 0 Å². The normalized spacial score (nSPS) is 12.7. The molecule has 8 nitrogen and oxygen atoms in total. The average Bonchev–Trinajstić information content (AvgIpc) is 2.90. The summed E-state index contributed by atoms with van der Waals surface area (Å²) in [5.41, 5.74) is 6.92. The van der Waals surface area contributed by atoms with Crippen LogP contribution in [0.4, 0.5) is 0 Å². The fourth-order valence-electron chi connectivity index (χ4n) is 4.10. The van der Waals surface area contributed by atoms with Crippen LogP contribution in [-0.4, -0.2) is 49.3 Å². The molecule has 39 heavy (non-hydrogen) atoms. The minimum absolute atomic E-state index is 0.0379. The first kappa shape index (κ1) is 30.0. The maximum Gasteiger partial charge on any atom is 0.248 e. The fraction of sp³-hybridized carbons (Fsp3) is 0.333. The number of amides is 2. The fourth-order valence-corrected chi connectivity index (χ4v) is 5.70. The van der Waals surface area contributed by atoms with Gasteiger partial charge in [-0.05, 0) is 69.0 Å². The van der Waals surface area contributed by atoms with Crippen LogP contribution < -0.4 is 11.1 Å². The van der Waals surface area contributed by atoms with E-state index in [-0.39, 0.29) is 35.9 Å². The molecule has 0 heterocycles. The van der Waals surface area contributed by atoms with Crippen molar-refractivity contribution < 1.29 is 22.7 Å². The molecule has 0 radical (unpaired) electrons. The molecule has 3 aromatic rings. The molecular formula is C30H37N3O5S. The Balaban J connectivity index is 1.93. The van der Waals surface area contributed by atoms with Crippen molar-refractivity contribution in [2.75, 3.05) is 13.2 Å². The lowest BCUT2D eigenvalue weighted by molar-refractivity contribution is -0.126. The zero-order valence-corrected chi connectivity index (χ0v) is 23.5. The predicted octanol–water partition coefficient (Wildman–Crippen LogP) is 3.91. The number of ether oxygens (including phenoxy) is 1. The molecule has 1 atom stereocenters. The van der Waals surface area contributed by atoms with Gasteiger partial charge in [-0.1, -0.05) is 60.7 Å². The van der Waals surface area contributed by atoms with E-state index >= 15 is 0 Å². The Bertz CT molecular complexity index is 1320. The average molecular weight is 552 g/mol. The van der Waals surface area contributed by atoms with Crippen LogP contribution in [0.1, 0.15) is 48.7 Å². The molecule has 3 aromatic carbocycles. The summed E-state index contributed by atoms with van der Waals surface area (Å²) in [6.45, 7) is 5.91. The molecule has 0 aliphatic heterocycles. The number of aryl methyl sites for hydroxylation is 1. The van der Waals surface area contributed by atoms with Crippen molar-refractivity contribution in [1.82, 2.24) is 9.62 Å². The number of rotatable bonds is 13. The minimum atomic E-state index is -4.15. The largest absolute Gasteiger partial charge is 0.375 e. The van der Waals surface area contributed by atoms with Crippen LogP contribution >= 0.6 is 0 Å². The van der Waals surface area contributed by atoms with Crippen molar-refractivity contribution in [3.05, 3.63) is 102 Å². The van der Waals surface area contributed by atoms with Gasteiger partial charge in [-0.2, -0.15) is 4.31 Å². The number of carbonyl (C=O) groups is 2. The molecule has 1 unspecified atom stereocenters. The summed E-state index contributed by atoms with van der Waals surface area (Å²) in [6, 6.07) is 23.6. The van der Waals surface area contributed by atoms with Gasteiger partial charge in [-0.25, -0.2) is 8.42 Å². The number of hydrogen-bond donors (Lipinski definition) is 2. The first-order valence-electron chi connectivity index (χ1n) is 12.9. The smallest absolute Gasteiger partial charge is 0.248 e. The second-order valence-corrected chi connectivity index (χ2v) is 12.2. The molecule has 2 amide bonds. The van der Waals surface area contributed by atoms with Gasteiger partial charge in [0.2, 0.25) is 21.8 Å². The van der Waals surface area contributed by atoms with Gasteiger partial charge in [0.25, 0.3) is 0 Å². The standard InChI is InChI=1S/C30H37N3O5S/c1-30(2,3)32-29(35)27(19-14-23-10-6-4-7-11-23)33(20-21-38-22-24-12-8-5-9-13-24)39(36,37)26-17-15-25(16-18-26)28(31)34/h4-13,15-18,27H,14,19-22H2,1-3H3,(H2,31,34)(H,32,35). The molecule has 0 aromatic heterocycles. The summed E-state index contributed by atoms with van der Waals surface area (Å²) in [4.78, 5) is 25.1. The Morgan fingerprint density at radius 1 is 0.897 bits per heavy atom. The van der Waals surface area contributed by atoms with Crippen molar-refractivity contribution in [2.45, 2.75) is 56.7 Å². The zero-order valence-electron chi connectivity index (χ0n) is 22.7. The van der Waals surface area contributed by atoms with E-state index in [1.165, 1.54) is 28.6 Å². The van der Waals surface area contributed by atoms with Crippen LogP contribution in [0.3, 0.4) is 0 Å². The lowest BCUT2D eigenvalue weighted by Crippen LogP contribution is -2.54. The third-order valence-corrected chi connectivity index (χ3v) is 7.93. The van der Waals surface area contributed by atoms with Crippen LogP contribution in [0.15, 0.2) is 89.8 Å². The number of nitrogens with two attached hydrogens (primary N) is 1. The molecule has 0 fully saturated rings. The topological polar surface area (TPSA) is 119 Å². The monoisotopic (exact) mass is 551 g/mol. The summed E-state index contributed by atoms with van der Waals surface area (Å²) in [5.74, 6) is -1.05. The predicted molar refractivity (Wildman–Crippen MR) is 151 cm³/mol. The summed E-state index contributed by atoms with van der Waals surface area (Å²) in [5, 5.41) is 2.95. The number of hydrogen-bond acceptors (Lipinski definition) is 5. The van der Waals surface area contributed by atoms with E-state index in [9.17, 15) is 18.0 Å². The van der Waals surface area contributed by atoms with Gasteiger partial charge in [0, 0.05) is 17.6 Å². The first-order chi connectivity index (χ1) is 18.5. The molecule has 0 saturated carbocycles. The summed E-state index contributed by atoms with van der Waals surface area (Å²) < 4.78 is 35.0. The van der Waals surface area contributed by atoms with Crippen LogP contribution in [-0.2, 0) is 32.6 Å². The highest BCUT2D eigenvalue weighted by atomic mass is 32.2. The van der Waals surface area contributed by atoms with Crippen LogP contribution in [0.2, 0.25) is 0 Å². The number of nitrogens with one attached hydrogen (secondary N) is 1. The van der Waals surface area contributed by atoms with Crippen molar-refractivity contribution in [3.8, 4) is 0 Å².